The second kappa shape index (κ2) is 7.19. The molecular formula is C18H17ClN4O. The summed E-state index contributed by atoms with van der Waals surface area (Å²) < 4.78 is 1.71. The van der Waals surface area contributed by atoms with Gasteiger partial charge < -0.3 is 10.2 Å². The molecule has 0 aliphatic rings. The topological polar surface area (TPSA) is 50.2 Å². The predicted molar refractivity (Wildman–Crippen MR) is 95.5 cm³/mol. The van der Waals surface area contributed by atoms with E-state index in [0.717, 1.165) is 11.3 Å². The van der Waals surface area contributed by atoms with Crippen molar-refractivity contribution in [3.63, 3.8) is 0 Å². The Labute approximate surface area is 145 Å². The number of urea groups is 1. The van der Waals surface area contributed by atoms with Crippen molar-refractivity contribution >= 4 is 23.3 Å². The van der Waals surface area contributed by atoms with Crippen LogP contribution in [0.1, 0.15) is 5.56 Å². The third-order valence-corrected chi connectivity index (χ3v) is 3.98. The highest BCUT2D eigenvalue weighted by Gasteiger charge is 2.13. The maximum atomic E-state index is 12.5. The van der Waals surface area contributed by atoms with Crippen molar-refractivity contribution in [3.05, 3.63) is 77.6 Å². The molecule has 0 fully saturated rings. The molecule has 3 aromatic rings. The number of halogens is 1. The van der Waals surface area contributed by atoms with Crippen molar-refractivity contribution in [1.29, 1.82) is 0 Å². The van der Waals surface area contributed by atoms with Crippen LogP contribution < -0.4 is 5.32 Å². The third kappa shape index (κ3) is 3.58. The molecule has 6 heteroatoms. The zero-order valence-corrected chi connectivity index (χ0v) is 13.9. The van der Waals surface area contributed by atoms with Gasteiger partial charge in [-0.3, -0.25) is 0 Å². The van der Waals surface area contributed by atoms with E-state index in [1.165, 1.54) is 0 Å². The van der Waals surface area contributed by atoms with Crippen LogP contribution >= 0.6 is 11.6 Å². The van der Waals surface area contributed by atoms with Crippen LogP contribution in [-0.2, 0) is 6.54 Å². The number of anilines is 1. The maximum Gasteiger partial charge on any atom is 0.321 e. The van der Waals surface area contributed by atoms with Gasteiger partial charge in [-0.25, -0.2) is 9.48 Å². The lowest BCUT2D eigenvalue weighted by molar-refractivity contribution is 0.220. The van der Waals surface area contributed by atoms with Gasteiger partial charge in [0.05, 0.1) is 11.4 Å². The number of rotatable bonds is 4. The number of aromatic nitrogens is 2. The summed E-state index contributed by atoms with van der Waals surface area (Å²) in [5.74, 6) is 0. The molecule has 0 saturated heterocycles. The fraction of sp³-hybridized carbons (Fsp3) is 0.111. The van der Waals surface area contributed by atoms with E-state index >= 15 is 0 Å². The summed E-state index contributed by atoms with van der Waals surface area (Å²) in [5, 5.41) is 7.78. The molecule has 0 unspecified atom stereocenters. The van der Waals surface area contributed by atoms with Crippen molar-refractivity contribution in [3.8, 4) is 5.69 Å². The highest BCUT2D eigenvalue weighted by Crippen LogP contribution is 2.20. The van der Waals surface area contributed by atoms with E-state index in [0.29, 0.717) is 17.3 Å². The number of para-hydroxylation sites is 2. The van der Waals surface area contributed by atoms with Gasteiger partial charge in [-0.05, 0) is 29.8 Å². The maximum absolute atomic E-state index is 12.5. The van der Waals surface area contributed by atoms with Gasteiger partial charge in [-0.1, -0.05) is 41.9 Å². The van der Waals surface area contributed by atoms with Crippen molar-refractivity contribution in [2.45, 2.75) is 6.54 Å². The van der Waals surface area contributed by atoms with Crippen molar-refractivity contribution in [2.24, 2.45) is 0 Å². The molecule has 1 N–H and O–H groups in total. The van der Waals surface area contributed by atoms with E-state index in [4.69, 9.17) is 11.6 Å². The SMILES string of the molecule is CN(Cc1ccccc1Cl)C(=O)Nc1ccccc1-n1cccn1. The van der Waals surface area contributed by atoms with Crippen LogP contribution in [0.3, 0.4) is 0 Å². The number of benzene rings is 2. The molecule has 5 nitrogen and oxygen atoms in total. The fourth-order valence-electron chi connectivity index (χ4n) is 2.36. The van der Waals surface area contributed by atoms with Crippen LogP contribution in [0.5, 0.6) is 0 Å². The first-order valence-electron chi connectivity index (χ1n) is 7.50. The molecular weight excluding hydrogens is 324 g/mol. The summed E-state index contributed by atoms with van der Waals surface area (Å²) >= 11 is 6.16. The van der Waals surface area contributed by atoms with Crippen molar-refractivity contribution in [2.75, 3.05) is 12.4 Å². The first-order valence-corrected chi connectivity index (χ1v) is 7.87. The van der Waals surface area contributed by atoms with Crippen LogP contribution in [-0.4, -0.2) is 27.8 Å². The highest BCUT2D eigenvalue weighted by atomic mass is 35.5. The summed E-state index contributed by atoms with van der Waals surface area (Å²) in [5.41, 5.74) is 2.40. The Morgan fingerprint density at radius 2 is 1.92 bits per heavy atom. The molecule has 3 rings (SSSR count). The Morgan fingerprint density at radius 3 is 2.67 bits per heavy atom. The van der Waals surface area contributed by atoms with E-state index < -0.39 is 0 Å². The molecule has 0 spiro atoms. The normalized spacial score (nSPS) is 10.4. The molecule has 0 saturated carbocycles. The number of carbonyl (C=O) groups excluding carboxylic acids is 1. The molecule has 2 amide bonds. The van der Waals surface area contributed by atoms with Gasteiger partial charge in [-0.15, -0.1) is 0 Å². The van der Waals surface area contributed by atoms with Gasteiger partial charge in [0, 0.05) is 31.0 Å². The van der Waals surface area contributed by atoms with Gasteiger partial charge in [0.15, 0.2) is 0 Å². The van der Waals surface area contributed by atoms with E-state index in [1.807, 2.05) is 60.8 Å². The van der Waals surface area contributed by atoms with Crippen LogP contribution in [0.4, 0.5) is 10.5 Å². The van der Waals surface area contributed by atoms with Gasteiger partial charge in [0.25, 0.3) is 0 Å². The van der Waals surface area contributed by atoms with Crippen LogP contribution in [0.25, 0.3) is 5.69 Å². The lowest BCUT2D eigenvalue weighted by Gasteiger charge is -2.20. The third-order valence-electron chi connectivity index (χ3n) is 3.61. The lowest BCUT2D eigenvalue weighted by Crippen LogP contribution is -2.31. The number of nitrogens with one attached hydrogen (secondary N) is 1. The van der Waals surface area contributed by atoms with Gasteiger partial charge in [0.2, 0.25) is 0 Å². The highest BCUT2D eigenvalue weighted by molar-refractivity contribution is 6.31. The Kier molecular flexibility index (Phi) is 4.82. The Bertz CT molecular complexity index is 833. The summed E-state index contributed by atoms with van der Waals surface area (Å²) in [6.45, 7) is 0.426. The van der Waals surface area contributed by atoms with E-state index in [1.54, 1.807) is 22.8 Å². The molecule has 1 aromatic heterocycles. The van der Waals surface area contributed by atoms with Gasteiger partial charge >= 0.3 is 6.03 Å². The molecule has 0 aliphatic heterocycles. The molecule has 0 atom stereocenters. The minimum absolute atomic E-state index is 0.213. The zero-order chi connectivity index (χ0) is 16.9. The summed E-state index contributed by atoms with van der Waals surface area (Å²) in [6.07, 6.45) is 3.53. The second-order valence-corrected chi connectivity index (χ2v) is 5.75. The van der Waals surface area contributed by atoms with E-state index in [2.05, 4.69) is 10.4 Å². The quantitative estimate of drug-likeness (QED) is 0.774. The van der Waals surface area contributed by atoms with Crippen molar-refractivity contribution in [1.82, 2.24) is 14.7 Å². The molecule has 0 radical (unpaired) electrons. The molecule has 122 valence electrons. The van der Waals surface area contributed by atoms with Crippen LogP contribution in [0, 0.1) is 0 Å². The number of carbonyl (C=O) groups is 1. The van der Waals surface area contributed by atoms with Crippen LogP contribution in [0.15, 0.2) is 67.0 Å². The smallest absolute Gasteiger partial charge is 0.321 e. The molecule has 1 heterocycles. The predicted octanol–water partition coefficient (Wildman–Crippen LogP) is 4.19. The summed E-state index contributed by atoms with van der Waals surface area (Å²) in [4.78, 5) is 14.1. The minimum atomic E-state index is -0.213. The Balaban J connectivity index is 1.75. The Hall–Kier alpha value is -2.79. The monoisotopic (exact) mass is 340 g/mol. The average Bonchev–Trinajstić information content (AvgIpc) is 3.11. The van der Waals surface area contributed by atoms with Gasteiger partial charge in [-0.2, -0.15) is 5.10 Å². The minimum Gasteiger partial charge on any atom is -0.323 e. The lowest BCUT2D eigenvalue weighted by atomic mass is 10.2. The summed E-state index contributed by atoms with van der Waals surface area (Å²) in [6, 6.07) is 16.6. The molecule has 2 aromatic carbocycles. The van der Waals surface area contributed by atoms with Gasteiger partial charge in [0.1, 0.15) is 0 Å². The summed E-state index contributed by atoms with van der Waals surface area (Å²) in [7, 11) is 1.73. The molecule has 24 heavy (non-hydrogen) atoms. The second-order valence-electron chi connectivity index (χ2n) is 5.35. The molecule has 0 aliphatic carbocycles. The standard InChI is InChI=1S/C18H17ClN4O/c1-22(13-14-7-2-3-8-15(14)19)18(24)21-16-9-4-5-10-17(16)23-12-6-11-20-23/h2-12H,13H2,1H3,(H,21,24). The number of nitrogens with zero attached hydrogens (tertiary/aromatic N) is 3. The first-order chi connectivity index (χ1) is 11.6. The van der Waals surface area contributed by atoms with E-state index in [-0.39, 0.29) is 6.03 Å². The number of hydrogen-bond acceptors (Lipinski definition) is 2. The Morgan fingerprint density at radius 1 is 1.17 bits per heavy atom. The fourth-order valence-corrected chi connectivity index (χ4v) is 2.55. The zero-order valence-electron chi connectivity index (χ0n) is 13.2. The first kappa shape index (κ1) is 16.1. The average molecular weight is 341 g/mol. The number of hydrogen-bond donors (Lipinski definition) is 1. The largest absolute Gasteiger partial charge is 0.323 e. The number of amides is 2. The van der Waals surface area contributed by atoms with E-state index in [9.17, 15) is 4.79 Å². The van der Waals surface area contributed by atoms with Crippen LogP contribution in [0.2, 0.25) is 5.02 Å². The van der Waals surface area contributed by atoms with Crippen molar-refractivity contribution < 1.29 is 4.79 Å². The molecule has 0 bridgehead atoms.